The second-order valence-corrected chi connectivity index (χ2v) is 10.6. The highest BCUT2D eigenvalue weighted by molar-refractivity contribution is 7.11. The number of amides is 2. The average molecular weight is 553 g/mol. The van der Waals surface area contributed by atoms with Crippen molar-refractivity contribution < 1.29 is 23.9 Å². The van der Waals surface area contributed by atoms with Crippen LogP contribution in [0.25, 0.3) is 0 Å². The number of aryl methyl sites for hydroxylation is 1. The number of aliphatic imine (C=N–C) groups is 1. The summed E-state index contributed by atoms with van der Waals surface area (Å²) in [4.78, 5) is 52.3. The number of thiazole rings is 1. The number of carbonyl (C=O) groups excluding carboxylic acids is 3. The molecule has 5 rings (SSSR count). The lowest BCUT2D eigenvalue weighted by atomic mass is 10.0. The Hall–Kier alpha value is -3.77. The molecule has 2 saturated heterocycles. The van der Waals surface area contributed by atoms with E-state index in [1.54, 1.807) is 6.20 Å². The van der Waals surface area contributed by atoms with E-state index in [1.165, 1.54) is 25.6 Å². The van der Waals surface area contributed by atoms with E-state index in [1.807, 2.05) is 46.4 Å². The number of anilines is 1. The fourth-order valence-corrected chi connectivity index (χ4v) is 5.86. The number of hydrogen-bond donors (Lipinski definition) is 1. The molecule has 0 bridgehead atoms. The van der Waals surface area contributed by atoms with Gasteiger partial charge in [0, 0.05) is 62.1 Å². The van der Waals surface area contributed by atoms with Crippen LogP contribution in [-0.4, -0.2) is 97.6 Å². The van der Waals surface area contributed by atoms with Gasteiger partial charge in [0.1, 0.15) is 0 Å². The topological polar surface area (TPSA) is 117 Å². The lowest BCUT2D eigenvalue weighted by Crippen LogP contribution is -2.53. The largest absolute Gasteiger partial charge is 0.469 e. The van der Waals surface area contributed by atoms with E-state index in [4.69, 9.17) is 9.47 Å². The van der Waals surface area contributed by atoms with Crippen molar-refractivity contribution in [3.8, 4) is 0 Å². The van der Waals surface area contributed by atoms with Gasteiger partial charge in [-0.25, -0.2) is 14.6 Å². The quantitative estimate of drug-likeness (QED) is 0.495. The number of carbonyl (C=O) groups is 3. The van der Waals surface area contributed by atoms with Gasteiger partial charge in [-0.15, -0.1) is 11.3 Å². The van der Waals surface area contributed by atoms with Gasteiger partial charge in [-0.1, -0.05) is 12.1 Å². The SMILES string of the molecule is COC(=O)CCc1ccc(N2C[C@@H]3CN(CC4=C(C(=O)OC)[C@H](C)N=C(c5nccs5)N4)CCN3C2=O)cc1. The number of esters is 2. The van der Waals surface area contributed by atoms with E-state index in [9.17, 15) is 14.4 Å². The summed E-state index contributed by atoms with van der Waals surface area (Å²) in [7, 11) is 2.76. The molecule has 206 valence electrons. The molecule has 3 aliphatic heterocycles. The Labute approximate surface area is 231 Å². The lowest BCUT2D eigenvalue weighted by molar-refractivity contribution is -0.140. The van der Waals surface area contributed by atoms with Crippen molar-refractivity contribution >= 4 is 40.8 Å². The van der Waals surface area contributed by atoms with Crippen LogP contribution in [0.1, 0.15) is 23.9 Å². The van der Waals surface area contributed by atoms with E-state index >= 15 is 0 Å². The molecule has 2 amide bonds. The number of hydrogen-bond acceptors (Lipinski definition) is 10. The first-order valence-electron chi connectivity index (χ1n) is 12.9. The van der Waals surface area contributed by atoms with Gasteiger partial charge in [-0.2, -0.15) is 0 Å². The van der Waals surface area contributed by atoms with E-state index in [0.29, 0.717) is 57.0 Å². The third-order valence-electron chi connectivity index (χ3n) is 7.29. The molecular formula is C27H32N6O5S. The molecule has 2 atom stereocenters. The Balaban J connectivity index is 1.26. The highest BCUT2D eigenvalue weighted by atomic mass is 32.1. The van der Waals surface area contributed by atoms with E-state index in [2.05, 4.69) is 20.2 Å². The molecule has 1 aromatic heterocycles. The van der Waals surface area contributed by atoms with Gasteiger partial charge in [0.2, 0.25) is 0 Å². The molecule has 0 spiro atoms. The highest BCUT2D eigenvalue weighted by Gasteiger charge is 2.41. The van der Waals surface area contributed by atoms with Crippen LogP contribution in [0.3, 0.4) is 0 Å². The molecule has 4 heterocycles. The summed E-state index contributed by atoms with van der Waals surface area (Å²) in [5.74, 6) is 0.00754. The van der Waals surface area contributed by atoms with Crippen LogP contribution in [-0.2, 0) is 25.5 Å². The molecule has 3 aliphatic rings. The number of ether oxygens (including phenoxy) is 2. The van der Waals surface area contributed by atoms with Gasteiger partial charge < -0.3 is 19.7 Å². The Morgan fingerprint density at radius 2 is 1.92 bits per heavy atom. The van der Waals surface area contributed by atoms with Crippen LogP contribution in [0.5, 0.6) is 0 Å². The molecule has 0 unspecified atom stereocenters. The number of rotatable bonds is 8. The Bertz CT molecular complexity index is 1290. The van der Waals surface area contributed by atoms with Crippen LogP contribution in [0, 0.1) is 0 Å². The Morgan fingerprint density at radius 3 is 2.62 bits per heavy atom. The predicted molar refractivity (Wildman–Crippen MR) is 147 cm³/mol. The van der Waals surface area contributed by atoms with Gasteiger partial charge in [0.05, 0.1) is 31.9 Å². The molecule has 0 radical (unpaired) electrons. The second-order valence-electron chi connectivity index (χ2n) is 9.72. The summed E-state index contributed by atoms with van der Waals surface area (Å²) < 4.78 is 9.79. The minimum atomic E-state index is -0.400. The summed E-state index contributed by atoms with van der Waals surface area (Å²) in [5, 5.41) is 6.00. The van der Waals surface area contributed by atoms with Crippen LogP contribution >= 0.6 is 11.3 Å². The van der Waals surface area contributed by atoms with E-state index in [-0.39, 0.29) is 24.1 Å². The maximum atomic E-state index is 13.2. The first kappa shape index (κ1) is 26.8. The summed E-state index contributed by atoms with van der Waals surface area (Å²) in [6.07, 6.45) is 2.64. The fourth-order valence-electron chi connectivity index (χ4n) is 5.28. The third-order valence-corrected chi connectivity index (χ3v) is 8.07. The number of amidine groups is 1. The fraction of sp³-hybridized carbons (Fsp3) is 0.444. The van der Waals surface area contributed by atoms with Crippen molar-refractivity contribution in [3.63, 3.8) is 0 Å². The number of benzene rings is 1. The molecule has 2 aromatic rings. The van der Waals surface area contributed by atoms with Gasteiger partial charge in [0.15, 0.2) is 10.8 Å². The van der Waals surface area contributed by atoms with Crippen molar-refractivity contribution in [2.24, 2.45) is 4.99 Å². The molecular weight excluding hydrogens is 520 g/mol. The zero-order valence-electron chi connectivity index (χ0n) is 22.3. The summed E-state index contributed by atoms with van der Waals surface area (Å²) in [5.41, 5.74) is 3.12. The van der Waals surface area contributed by atoms with Crippen LogP contribution in [0.4, 0.5) is 10.5 Å². The lowest BCUT2D eigenvalue weighted by Gasteiger charge is -2.37. The van der Waals surface area contributed by atoms with E-state index in [0.717, 1.165) is 22.0 Å². The molecule has 2 fully saturated rings. The molecule has 39 heavy (non-hydrogen) atoms. The normalized spacial score (nSPS) is 21.4. The van der Waals surface area contributed by atoms with E-state index < -0.39 is 5.97 Å². The molecule has 12 heteroatoms. The molecule has 1 aromatic carbocycles. The number of nitrogens with zero attached hydrogens (tertiary/aromatic N) is 5. The van der Waals surface area contributed by atoms with Crippen molar-refractivity contribution in [1.82, 2.24) is 20.1 Å². The first-order chi connectivity index (χ1) is 18.9. The van der Waals surface area contributed by atoms with Gasteiger partial charge in [0.25, 0.3) is 0 Å². The first-order valence-corrected chi connectivity index (χ1v) is 13.8. The van der Waals surface area contributed by atoms with Gasteiger partial charge in [-0.3, -0.25) is 19.6 Å². The molecule has 0 aliphatic carbocycles. The molecule has 11 nitrogen and oxygen atoms in total. The zero-order valence-corrected chi connectivity index (χ0v) is 23.1. The zero-order chi connectivity index (χ0) is 27.5. The monoisotopic (exact) mass is 552 g/mol. The number of urea groups is 1. The molecule has 1 N–H and O–H groups in total. The number of nitrogens with one attached hydrogen (secondary N) is 1. The number of aromatic nitrogens is 1. The minimum absolute atomic E-state index is 0.000899. The van der Waals surface area contributed by atoms with Crippen LogP contribution in [0.15, 0.2) is 52.1 Å². The highest BCUT2D eigenvalue weighted by Crippen LogP contribution is 2.28. The Kier molecular flexibility index (Phi) is 7.94. The summed E-state index contributed by atoms with van der Waals surface area (Å²) in [6.45, 7) is 4.92. The number of fused-ring (bicyclic) bond motifs is 1. The van der Waals surface area contributed by atoms with Crippen LogP contribution < -0.4 is 10.2 Å². The third kappa shape index (κ3) is 5.66. The summed E-state index contributed by atoms with van der Waals surface area (Å²) in [6, 6.07) is 7.43. The average Bonchev–Trinajstić information content (AvgIpc) is 3.60. The number of methoxy groups -OCH3 is 2. The standard InChI is InChI=1S/C27H32N6O5S/c1-17-23(26(35)38-3)21(30-24(29-17)25-28-10-13-39-25)16-31-11-12-32-20(14-31)15-33(27(32)36)19-7-4-18(5-8-19)6-9-22(34)37-2/h4-5,7-8,10,13,17,20H,6,9,11-12,14-16H2,1-3H3,(H,29,30)/t17-,20-/m0/s1. The smallest absolute Gasteiger partial charge is 0.337 e. The minimum Gasteiger partial charge on any atom is -0.469 e. The van der Waals surface area contributed by atoms with Gasteiger partial charge >= 0.3 is 18.0 Å². The number of piperazine rings is 1. The summed E-state index contributed by atoms with van der Waals surface area (Å²) >= 11 is 1.48. The van der Waals surface area contributed by atoms with Crippen molar-refractivity contribution in [2.45, 2.75) is 31.8 Å². The van der Waals surface area contributed by atoms with Crippen molar-refractivity contribution in [2.75, 3.05) is 51.8 Å². The Morgan fingerprint density at radius 1 is 1.13 bits per heavy atom. The molecule has 0 saturated carbocycles. The second kappa shape index (κ2) is 11.5. The maximum absolute atomic E-state index is 13.2. The van der Waals surface area contributed by atoms with Crippen molar-refractivity contribution in [3.05, 3.63) is 57.7 Å². The van der Waals surface area contributed by atoms with Gasteiger partial charge in [-0.05, 0) is 31.0 Å². The maximum Gasteiger partial charge on any atom is 0.337 e. The van der Waals surface area contributed by atoms with Crippen molar-refractivity contribution in [1.29, 1.82) is 0 Å². The predicted octanol–water partition coefficient (Wildman–Crippen LogP) is 2.04. The van der Waals surface area contributed by atoms with Crippen LogP contribution in [0.2, 0.25) is 0 Å².